The van der Waals surface area contributed by atoms with Gasteiger partial charge in [0.1, 0.15) is 17.4 Å². The largest absolute Gasteiger partial charge is 0.497 e. The van der Waals surface area contributed by atoms with E-state index in [1.807, 2.05) is 36.4 Å². The lowest BCUT2D eigenvalue weighted by Gasteiger charge is -2.24. The molecule has 7 heteroatoms. The minimum absolute atomic E-state index is 0.298. The highest BCUT2D eigenvalue weighted by Gasteiger charge is 2.16. The molecule has 0 saturated heterocycles. The number of aromatic nitrogens is 2. The van der Waals surface area contributed by atoms with Crippen LogP contribution in [-0.2, 0) is 0 Å². The maximum Gasteiger partial charge on any atom is 0.255 e. The maximum atomic E-state index is 13.2. The molecule has 0 aliphatic carbocycles. The van der Waals surface area contributed by atoms with Gasteiger partial charge in [0.05, 0.1) is 29.5 Å². The first-order chi connectivity index (χ1) is 15.5. The van der Waals surface area contributed by atoms with Gasteiger partial charge in [0, 0.05) is 24.2 Å². The van der Waals surface area contributed by atoms with Crippen LogP contribution in [0.2, 0.25) is 0 Å². The summed E-state index contributed by atoms with van der Waals surface area (Å²) in [6, 6.07) is 17.0. The molecular weight excluding hydrogens is 407 g/mol. The number of rotatable bonds is 7. The third kappa shape index (κ3) is 4.27. The number of methoxy groups -OCH3 is 1. The number of benzene rings is 3. The van der Waals surface area contributed by atoms with Gasteiger partial charge in [-0.25, -0.2) is 9.37 Å². The van der Waals surface area contributed by atoms with Crippen LogP contribution in [0.1, 0.15) is 24.2 Å². The molecule has 0 aliphatic rings. The first-order valence-corrected chi connectivity index (χ1v) is 10.5. The van der Waals surface area contributed by atoms with Gasteiger partial charge in [-0.15, -0.1) is 0 Å². The van der Waals surface area contributed by atoms with Gasteiger partial charge >= 0.3 is 0 Å². The van der Waals surface area contributed by atoms with Gasteiger partial charge in [-0.3, -0.25) is 4.79 Å². The number of ether oxygens (including phenoxy) is 1. The minimum Gasteiger partial charge on any atom is -0.497 e. The van der Waals surface area contributed by atoms with Crippen molar-refractivity contribution in [2.75, 3.05) is 30.4 Å². The van der Waals surface area contributed by atoms with E-state index in [9.17, 15) is 9.18 Å². The van der Waals surface area contributed by atoms with Crippen molar-refractivity contribution in [2.24, 2.45) is 0 Å². The molecule has 32 heavy (non-hydrogen) atoms. The van der Waals surface area contributed by atoms with Crippen molar-refractivity contribution in [3.05, 3.63) is 72.0 Å². The fourth-order valence-corrected chi connectivity index (χ4v) is 3.65. The second-order valence-corrected chi connectivity index (χ2v) is 7.33. The van der Waals surface area contributed by atoms with Gasteiger partial charge in [-0.05, 0) is 74.5 Å². The molecule has 0 unspecified atom stereocenters. The lowest BCUT2D eigenvalue weighted by atomic mass is 10.1. The van der Waals surface area contributed by atoms with E-state index in [-0.39, 0.29) is 11.7 Å². The van der Waals surface area contributed by atoms with Crippen LogP contribution >= 0.6 is 0 Å². The SMILES string of the molecule is CCN(CC)c1cc2nc(-c3ccc(OC)cc3)[nH]c2cc1NC(=O)c1ccc(F)cc1. The molecule has 0 atom stereocenters. The Hall–Kier alpha value is -3.87. The average molecular weight is 432 g/mol. The summed E-state index contributed by atoms with van der Waals surface area (Å²) >= 11 is 0. The van der Waals surface area contributed by atoms with Crippen LogP contribution in [0.3, 0.4) is 0 Å². The van der Waals surface area contributed by atoms with Crippen molar-refractivity contribution in [3.8, 4) is 17.1 Å². The van der Waals surface area contributed by atoms with Crippen LogP contribution in [0.25, 0.3) is 22.4 Å². The fourth-order valence-electron chi connectivity index (χ4n) is 3.65. The van der Waals surface area contributed by atoms with Crippen LogP contribution in [0.4, 0.5) is 15.8 Å². The summed E-state index contributed by atoms with van der Waals surface area (Å²) in [5.74, 6) is 0.831. The lowest BCUT2D eigenvalue weighted by molar-refractivity contribution is 0.102. The summed E-state index contributed by atoms with van der Waals surface area (Å²) in [5, 5.41) is 2.98. The number of hydrogen-bond acceptors (Lipinski definition) is 4. The average Bonchev–Trinajstić information content (AvgIpc) is 3.23. The van der Waals surface area contributed by atoms with E-state index in [4.69, 9.17) is 9.72 Å². The number of H-pyrrole nitrogens is 1. The number of nitrogens with one attached hydrogen (secondary N) is 2. The Morgan fingerprint density at radius 2 is 1.75 bits per heavy atom. The molecule has 0 aliphatic heterocycles. The zero-order valence-corrected chi connectivity index (χ0v) is 18.3. The highest BCUT2D eigenvalue weighted by molar-refractivity contribution is 6.07. The number of hydrogen-bond donors (Lipinski definition) is 2. The van der Waals surface area contributed by atoms with Gasteiger partial charge in [0.2, 0.25) is 0 Å². The summed E-state index contributed by atoms with van der Waals surface area (Å²) in [6.07, 6.45) is 0. The van der Waals surface area contributed by atoms with Gasteiger partial charge in [0.25, 0.3) is 5.91 Å². The van der Waals surface area contributed by atoms with Crippen molar-refractivity contribution >= 4 is 28.3 Å². The standard InChI is InChI=1S/C25H25FN4O2/c1-4-30(5-2)23-15-21-20(27-24(28-21)16-8-12-19(32-3)13-9-16)14-22(23)29-25(31)17-6-10-18(26)11-7-17/h6-15H,4-5H2,1-3H3,(H,27,28)(H,29,31). The van der Waals surface area contributed by atoms with Gasteiger partial charge in [-0.1, -0.05) is 0 Å². The number of halogens is 1. The predicted octanol–water partition coefficient (Wildman–Crippen LogP) is 5.48. The predicted molar refractivity (Wildman–Crippen MR) is 126 cm³/mol. The van der Waals surface area contributed by atoms with Crippen molar-refractivity contribution < 1.29 is 13.9 Å². The highest BCUT2D eigenvalue weighted by Crippen LogP contribution is 2.33. The van der Waals surface area contributed by atoms with E-state index >= 15 is 0 Å². The molecule has 0 fully saturated rings. The number of anilines is 2. The second-order valence-electron chi connectivity index (χ2n) is 7.33. The van der Waals surface area contributed by atoms with E-state index in [0.29, 0.717) is 11.3 Å². The molecule has 1 heterocycles. The van der Waals surface area contributed by atoms with Crippen molar-refractivity contribution in [2.45, 2.75) is 13.8 Å². The summed E-state index contributed by atoms with van der Waals surface area (Å²) in [7, 11) is 1.63. The van der Waals surface area contributed by atoms with Crippen LogP contribution < -0.4 is 15.0 Å². The second kappa shape index (κ2) is 9.09. The third-order valence-corrected chi connectivity index (χ3v) is 5.42. The number of nitrogens with zero attached hydrogens (tertiary/aromatic N) is 2. The highest BCUT2D eigenvalue weighted by atomic mass is 19.1. The summed E-state index contributed by atoms with van der Waals surface area (Å²) in [4.78, 5) is 23.1. The number of carbonyl (C=O) groups excluding carboxylic acids is 1. The maximum absolute atomic E-state index is 13.2. The molecule has 6 nitrogen and oxygen atoms in total. The van der Waals surface area contributed by atoms with Crippen molar-refractivity contribution in [3.63, 3.8) is 0 Å². The number of aromatic amines is 1. The van der Waals surface area contributed by atoms with Crippen molar-refractivity contribution in [1.82, 2.24) is 9.97 Å². The first kappa shape index (κ1) is 21.4. The molecule has 0 spiro atoms. The third-order valence-electron chi connectivity index (χ3n) is 5.42. The van der Waals surface area contributed by atoms with E-state index in [2.05, 4.69) is 29.0 Å². The molecule has 164 valence electrons. The van der Waals surface area contributed by atoms with Crippen LogP contribution in [0.5, 0.6) is 5.75 Å². The topological polar surface area (TPSA) is 70.2 Å². The molecule has 3 aromatic carbocycles. The molecule has 1 amide bonds. The minimum atomic E-state index is -0.379. The van der Waals surface area contributed by atoms with E-state index in [1.54, 1.807) is 7.11 Å². The molecule has 2 N–H and O–H groups in total. The van der Waals surface area contributed by atoms with Crippen LogP contribution in [-0.4, -0.2) is 36.1 Å². The zero-order valence-electron chi connectivity index (χ0n) is 18.3. The molecule has 4 rings (SSSR count). The molecule has 4 aromatic rings. The Balaban J connectivity index is 1.74. The number of amides is 1. The van der Waals surface area contributed by atoms with E-state index in [1.165, 1.54) is 24.3 Å². The summed E-state index contributed by atoms with van der Waals surface area (Å²) in [5.41, 5.74) is 4.48. The van der Waals surface area contributed by atoms with E-state index in [0.717, 1.165) is 46.9 Å². The van der Waals surface area contributed by atoms with Crippen LogP contribution in [0, 0.1) is 5.82 Å². The van der Waals surface area contributed by atoms with Crippen LogP contribution in [0.15, 0.2) is 60.7 Å². The monoisotopic (exact) mass is 432 g/mol. The Labute approximate surface area is 186 Å². The van der Waals surface area contributed by atoms with Gasteiger partial charge in [0.15, 0.2) is 0 Å². The van der Waals surface area contributed by atoms with Gasteiger partial charge in [-0.2, -0.15) is 0 Å². The Morgan fingerprint density at radius 3 is 2.38 bits per heavy atom. The summed E-state index contributed by atoms with van der Waals surface area (Å²) < 4.78 is 18.5. The zero-order chi connectivity index (χ0) is 22.7. The summed E-state index contributed by atoms with van der Waals surface area (Å²) in [6.45, 7) is 5.67. The number of fused-ring (bicyclic) bond motifs is 1. The number of imidazole rings is 1. The Bertz CT molecular complexity index is 1230. The first-order valence-electron chi connectivity index (χ1n) is 10.5. The molecule has 0 bridgehead atoms. The molecule has 0 radical (unpaired) electrons. The van der Waals surface area contributed by atoms with Crippen molar-refractivity contribution in [1.29, 1.82) is 0 Å². The molecule has 1 aromatic heterocycles. The fraction of sp³-hybridized carbons (Fsp3) is 0.200. The quantitative estimate of drug-likeness (QED) is 0.406. The smallest absolute Gasteiger partial charge is 0.255 e. The normalized spacial score (nSPS) is 10.9. The Morgan fingerprint density at radius 1 is 1.06 bits per heavy atom. The van der Waals surface area contributed by atoms with Gasteiger partial charge < -0.3 is 19.9 Å². The Kier molecular flexibility index (Phi) is 6.07. The molecular formula is C25H25FN4O2. The lowest BCUT2D eigenvalue weighted by Crippen LogP contribution is -2.24. The number of carbonyl (C=O) groups is 1. The molecule has 0 saturated carbocycles. The van der Waals surface area contributed by atoms with E-state index < -0.39 is 0 Å².